The number of hydrogen-bond acceptors (Lipinski definition) is 2. The standard InChI is InChI=1S/C21H21FN2O2/c1-2-18(14-7-9-17(22)10-8-14)21(26)23-12-11-16-13-15-5-3-4-6-19(15)24-20(16)25/h3-10,13,18H,2,11-12H2,1H3,(H,23,26)(H,24,25). The first-order chi connectivity index (χ1) is 12.6. The molecule has 0 spiro atoms. The normalized spacial score (nSPS) is 12.1. The Labute approximate surface area is 151 Å². The van der Waals surface area contributed by atoms with Crippen LogP contribution in [0.4, 0.5) is 4.39 Å². The van der Waals surface area contributed by atoms with Gasteiger partial charge in [-0.2, -0.15) is 0 Å². The van der Waals surface area contributed by atoms with Crippen molar-refractivity contribution in [2.75, 3.05) is 6.54 Å². The van der Waals surface area contributed by atoms with Crippen LogP contribution < -0.4 is 10.9 Å². The van der Waals surface area contributed by atoms with Crippen LogP contribution in [-0.4, -0.2) is 17.4 Å². The Morgan fingerprint density at radius 1 is 1.15 bits per heavy atom. The first kappa shape index (κ1) is 17.9. The maximum atomic E-state index is 13.1. The summed E-state index contributed by atoms with van der Waals surface area (Å²) in [6, 6.07) is 15.4. The van der Waals surface area contributed by atoms with Crippen LogP contribution in [0.1, 0.15) is 30.4 Å². The Hall–Kier alpha value is -2.95. The van der Waals surface area contributed by atoms with Crippen LogP contribution in [0, 0.1) is 5.82 Å². The number of rotatable bonds is 6. The van der Waals surface area contributed by atoms with Crippen molar-refractivity contribution in [1.82, 2.24) is 10.3 Å². The number of H-pyrrole nitrogens is 1. The van der Waals surface area contributed by atoms with Crippen LogP contribution in [-0.2, 0) is 11.2 Å². The van der Waals surface area contributed by atoms with Crippen LogP contribution in [0.25, 0.3) is 10.9 Å². The Balaban J connectivity index is 1.65. The molecule has 0 fully saturated rings. The molecule has 3 aromatic rings. The number of pyridine rings is 1. The quantitative estimate of drug-likeness (QED) is 0.713. The van der Waals surface area contributed by atoms with Gasteiger partial charge in [0.2, 0.25) is 5.91 Å². The second-order valence-electron chi connectivity index (χ2n) is 6.26. The van der Waals surface area contributed by atoms with E-state index in [2.05, 4.69) is 10.3 Å². The fraction of sp³-hybridized carbons (Fsp3) is 0.238. The van der Waals surface area contributed by atoms with Crippen molar-refractivity contribution >= 4 is 16.8 Å². The van der Waals surface area contributed by atoms with E-state index in [1.54, 1.807) is 12.1 Å². The van der Waals surface area contributed by atoms with Crippen LogP contribution in [0.15, 0.2) is 59.4 Å². The number of fused-ring (bicyclic) bond motifs is 1. The van der Waals surface area contributed by atoms with Gasteiger partial charge in [0.1, 0.15) is 5.82 Å². The van der Waals surface area contributed by atoms with Crippen molar-refractivity contribution in [3.05, 3.63) is 81.9 Å². The van der Waals surface area contributed by atoms with Gasteiger partial charge in [0, 0.05) is 17.6 Å². The maximum absolute atomic E-state index is 13.1. The molecule has 4 nitrogen and oxygen atoms in total. The summed E-state index contributed by atoms with van der Waals surface area (Å²) in [5, 5.41) is 3.85. The van der Waals surface area contributed by atoms with Gasteiger partial charge in [0.05, 0.1) is 5.92 Å². The van der Waals surface area contributed by atoms with Crippen LogP contribution in [0.5, 0.6) is 0 Å². The topological polar surface area (TPSA) is 62.0 Å². The van der Waals surface area contributed by atoms with Crippen LogP contribution in [0.3, 0.4) is 0 Å². The molecule has 134 valence electrons. The number of aromatic nitrogens is 1. The monoisotopic (exact) mass is 352 g/mol. The van der Waals surface area contributed by atoms with Crippen molar-refractivity contribution in [1.29, 1.82) is 0 Å². The highest BCUT2D eigenvalue weighted by Gasteiger charge is 2.18. The molecule has 1 atom stereocenters. The molecule has 1 unspecified atom stereocenters. The molecule has 0 aliphatic carbocycles. The number of hydrogen-bond donors (Lipinski definition) is 2. The predicted octanol–water partition coefficient (Wildman–Crippen LogP) is 3.52. The summed E-state index contributed by atoms with van der Waals surface area (Å²) in [7, 11) is 0. The number of benzene rings is 2. The minimum Gasteiger partial charge on any atom is -0.355 e. The lowest BCUT2D eigenvalue weighted by Gasteiger charge is -2.15. The minimum atomic E-state index is -0.328. The number of carbonyl (C=O) groups is 1. The van der Waals surface area contributed by atoms with Gasteiger partial charge in [-0.15, -0.1) is 0 Å². The highest BCUT2D eigenvalue weighted by Crippen LogP contribution is 2.20. The van der Waals surface area contributed by atoms with Gasteiger partial charge in [-0.25, -0.2) is 4.39 Å². The Kier molecular flexibility index (Phi) is 5.46. The van der Waals surface area contributed by atoms with E-state index >= 15 is 0 Å². The SMILES string of the molecule is CCC(C(=O)NCCc1cc2ccccc2[nH]c1=O)c1ccc(F)cc1. The number of halogens is 1. The third kappa shape index (κ3) is 3.99. The first-order valence-electron chi connectivity index (χ1n) is 8.72. The van der Waals surface area contributed by atoms with Crippen molar-refractivity contribution in [3.8, 4) is 0 Å². The number of nitrogens with one attached hydrogen (secondary N) is 2. The van der Waals surface area contributed by atoms with Crippen LogP contribution in [0.2, 0.25) is 0 Å². The Morgan fingerprint density at radius 3 is 2.62 bits per heavy atom. The van der Waals surface area contributed by atoms with Gasteiger partial charge in [-0.1, -0.05) is 37.3 Å². The Morgan fingerprint density at radius 2 is 1.88 bits per heavy atom. The molecule has 0 radical (unpaired) electrons. The zero-order valence-corrected chi connectivity index (χ0v) is 14.6. The molecule has 0 aliphatic heterocycles. The summed E-state index contributed by atoms with van der Waals surface area (Å²) in [5.74, 6) is -0.763. The summed E-state index contributed by atoms with van der Waals surface area (Å²) in [6.45, 7) is 2.29. The van der Waals surface area contributed by atoms with Gasteiger partial charge in [0.15, 0.2) is 0 Å². The molecular formula is C21H21FN2O2. The molecule has 0 saturated carbocycles. The van der Waals surface area contributed by atoms with Gasteiger partial charge >= 0.3 is 0 Å². The molecule has 0 saturated heterocycles. The Bertz CT molecular complexity index is 964. The highest BCUT2D eigenvalue weighted by atomic mass is 19.1. The molecule has 2 aromatic carbocycles. The van der Waals surface area contributed by atoms with E-state index < -0.39 is 0 Å². The second kappa shape index (κ2) is 7.95. The average molecular weight is 352 g/mol. The van der Waals surface area contributed by atoms with E-state index in [-0.39, 0.29) is 23.2 Å². The molecule has 1 heterocycles. The summed E-state index contributed by atoms with van der Waals surface area (Å²) in [6.07, 6.45) is 1.07. The van der Waals surface area contributed by atoms with Crippen molar-refractivity contribution in [2.45, 2.75) is 25.7 Å². The lowest BCUT2D eigenvalue weighted by molar-refractivity contribution is -0.122. The zero-order chi connectivity index (χ0) is 18.5. The van der Waals surface area contributed by atoms with Gasteiger partial charge < -0.3 is 10.3 Å². The zero-order valence-electron chi connectivity index (χ0n) is 14.6. The third-order valence-corrected chi connectivity index (χ3v) is 4.52. The summed E-state index contributed by atoms with van der Waals surface area (Å²) < 4.78 is 13.1. The van der Waals surface area contributed by atoms with E-state index in [1.807, 2.05) is 37.3 Å². The fourth-order valence-corrected chi connectivity index (χ4v) is 3.09. The first-order valence-corrected chi connectivity index (χ1v) is 8.72. The van der Waals surface area contributed by atoms with E-state index in [1.165, 1.54) is 12.1 Å². The summed E-state index contributed by atoms with van der Waals surface area (Å²) in [4.78, 5) is 27.5. The maximum Gasteiger partial charge on any atom is 0.251 e. The van der Waals surface area contributed by atoms with Gasteiger partial charge in [0.25, 0.3) is 5.56 Å². The van der Waals surface area contributed by atoms with Gasteiger partial charge in [-0.05, 0) is 48.1 Å². The minimum absolute atomic E-state index is 0.115. The van der Waals surface area contributed by atoms with E-state index in [4.69, 9.17) is 0 Å². The molecule has 2 N–H and O–H groups in total. The van der Waals surface area contributed by atoms with Crippen molar-refractivity contribution in [2.24, 2.45) is 0 Å². The summed E-state index contributed by atoms with van der Waals surface area (Å²) >= 11 is 0. The van der Waals surface area contributed by atoms with Gasteiger partial charge in [-0.3, -0.25) is 9.59 Å². The number of carbonyl (C=O) groups excluding carboxylic acids is 1. The smallest absolute Gasteiger partial charge is 0.251 e. The molecule has 1 amide bonds. The van der Waals surface area contributed by atoms with Crippen molar-refractivity contribution in [3.63, 3.8) is 0 Å². The van der Waals surface area contributed by atoms with Crippen molar-refractivity contribution < 1.29 is 9.18 Å². The van der Waals surface area contributed by atoms with E-state index in [0.29, 0.717) is 24.9 Å². The third-order valence-electron chi connectivity index (χ3n) is 4.52. The molecule has 5 heteroatoms. The number of aromatic amines is 1. The highest BCUT2D eigenvalue weighted by molar-refractivity contribution is 5.83. The molecular weight excluding hydrogens is 331 g/mol. The van der Waals surface area contributed by atoms with E-state index in [0.717, 1.165) is 16.5 Å². The molecule has 0 aliphatic rings. The lowest BCUT2D eigenvalue weighted by atomic mass is 9.95. The largest absolute Gasteiger partial charge is 0.355 e. The fourth-order valence-electron chi connectivity index (χ4n) is 3.09. The molecule has 3 rings (SSSR count). The average Bonchev–Trinajstić information content (AvgIpc) is 2.64. The van der Waals surface area contributed by atoms with Crippen LogP contribution >= 0.6 is 0 Å². The molecule has 26 heavy (non-hydrogen) atoms. The summed E-state index contributed by atoms with van der Waals surface area (Å²) in [5.41, 5.74) is 2.09. The molecule has 1 aromatic heterocycles. The predicted molar refractivity (Wildman–Crippen MR) is 101 cm³/mol. The molecule has 0 bridgehead atoms. The second-order valence-corrected chi connectivity index (χ2v) is 6.26. The number of para-hydroxylation sites is 1. The number of amides is 1. The van der Waals surface area contributed by atoms with E-state index in [9.17, 15) is 14.0 Å². The lowest BCUT2D eigenvalue weighted by Crippen LogP contribution is -2.31.